The third kappa shape index (κ3) is 3.79. The third-order valence-corrected chi connectivity index (χ3v) is 10.3. The van der Waals surface area contributed by atoms with Gasteiger partial charge in [0.05, 0.1) is 0 Å². The van der Waals surface area contributed by atoms with Gasteiger partial charge >= 0.3 is 0 Å². The topological polar surface area (TPSA) is 13.1 Å². The second-order valence-corrected chi connectivity index (χ2v) is 12.8. The first-order chi connectivity index (χ1) is 23.8. The van der Waals surface area contributed by atoms with Crippen LogP contribution in [-0.2, 0) is 0 Å². The van der Waals surface area contributed by atoms with Crippen molar-refractivity contribution in [2.24, 2.45) is 0 Å². The van der Waals surface area contributed by atoms with E-state index < -0.39 is 0 Å². The van der Waals surface area contributed by atoms with Gasteiger partial charge in [0, 0.05) is 10.8 Å². The molecule has 0 aliphatic rings. The standard InChI is InChI=1S/C47H30O/c1-29-31-17-5-7-19-33(31)44(34-20-8-6-18-32(29)34)39-25-13-27-41-46(39)47-40(26-14-28-42(47)48-41)45-37-23-11-9-21-35(37)43(30-15-3-2-4-16-30)36-22-10-12-24-38(36)45/h2-28H,1H3. The Morgan fingerprint density at radius 3 is 1.10 bits per heavy atom. The van der Waals surface area contributed by atoms with E-state index in [2.05, 4.69) is 171 Å². The number of aryl methyl sites for hydroxylation is 1. The van der Waals surface area contributed by atoms with Crippen LogP contribution in [0.4, 0.5) is 0 Å². The van der Waals surface area contributed by atoms with E-state index in [9.17, 15) is 0 Å². The summed E-state index contributed by atoms with van der Waals surface area (Å²) in [5, 5.41) is 12.4. The van der Waals surface area contributed by atoms with Crippen LogP contribution in [0.15, 0.2) is 168 Å². The summed E-state index contributed by atoms with van der Waals surface area (Å²) in [5.74, 6) is 0. The van der Waals surface area contributed by atoms with Gasteiger partial charge in [0.15, 0.2) is 0 Å². The normalized spacial score (nSPS) is 11.9. The molecule has 10 aromatic rings. The first-order valence-electron chi connectivity index (χ1n) is 16.6. The van der Waals surface area contributed by atoms with Crippen molar-refractivity contribution in [2.45, 2.75) is 6.92 Å². The second-order valence-electron chi connectivity index (χ2n) is 12.8. The molecular weight excluding hydrogens is 581 g/mol. The maximum Gasteiger partial charge on any atom is 0.136 e. The Labute approximate surface area is 278 Å². The van der Waals surface area contributed by atoms with E-state index in [0.717, 1.165) is 21.9 Å². The fourth-order valence-electron chi connectivity index (χ4n) is 8.25. The summed E-state index contributed by atoms with van der Waals surface area (Å²) in [4.78, 5) is 0. The molecule has 0 N–H and O–H groups in total. The number of rotatable bonds is 3. The van der Waals surface area contributed by atoms with E-state index in [4.69, 9.17) is 4.42 Å². The molecule has 10 rings (SSSR count). The minimum Gasteiger partial charge on any atom is -0.456 e. The molecule has 1 heteroatoms. The summed E-state index contributed by atoms with van der Waals surface area (Å²) >= 11 is 0. The van der Waals surface area contributed by atoms with Crippen LogP contribution < -0.4 is 0 Å². The van der Waals surface area contributed by atoms with Gasteiger partial charge in [-0.1, -0.05) is 152 Å². The largest absolute Gasteiger partial charge is 0.456 e. The summed E-state index contributed by atoms with van der Waals surface area (Å²) in [5.41, 5.74) is 10.5. The van der Waals surface area contributed by atoms with Crippen LogP contribution in [-0.4, -0.2) is 0 Å². The van der Waals surface area contributed by atoms with Crippen molar-refractivity contribution in [3.63, 3.8) is 0 Å². The van der Waals surface area contributed by atoms with Crippen molar-refractivity contribution in [1.29, 1.82) is 0 Å². The Bertz CT molecular complexity index is 2780. The lowest BCUT2D eigenvalue weighted by Crippen LogP contribution is -1.92. The van der Waals surface area contributed by atoms with Crippen molar-refractivity contribution in [3.05, 3.63) is 169 Å². The number of hydrogen-bond donors (Lipinski definition) is 0. The van der Waals surface area contributed by atoms with Crippen LogP contribution in [0, 0.1) is 6.92 Å². The molecule has 0 aliphatic heterocycles. The minimum atomic E-state index is 0.899. The van der Waals surface area contributed by atoms with E-state index in [1.807, 2.05) is 0 Å². The number of benzene rings is 9. The summed E-state index contributed by atoms with van der Waals surface area (Å²) in [7, 11) is 0. The highest BCUT2D eigenvalue weighted by Crippen LogP contribution is 2.49. The lowest BCUT2D eigenvalue weighted by atomic mass is 9.84. The quantitative estimate of drug-likeness (QED) is 0.181. The summed E-state index contributed by atoms with van der Waals surface area (Å²) in [6, 6.07) is 59.3. The molecule has 0 saturated carbocycles. The highest BCUT2D eigenvalue weighted by Gasteiger charge is 2.23. The maximum absolute atomic E-state index is 6.74. The van der Waals surface area contributed by atoms with Crippen molar-refractivity contribution < 1.29 is 4.42 Å². The molecule has 0 aliphatic carbocycles. The number of furan rings is 1. The molecule has 1 nitrogen and oxygen atoms in total. The van der Waals surface area contributed by atoms with Crippen LogP contribution >= 0.6 is 0 Å². The van der Waals surface area contributed by atoms with Crippen LogP contribution in [0.3, 0.4) is 0 Å². The zero-order chi connectivity index (χ0) is 31.8. The molecular formula is C47H30O. The fraction of sp³-hybridized carbons (Fsp3) is 0.0213. The van der Waals surface area contributed by atoms with Gasteiger partial charge in [0.25, 0.3) is 0 Å². The highest BCUT2D eigenvalue weighted by molar-refractivity contribution is 6.28. The molecule has 0 unspecified atom stereocenters. The molecule has 0 amide bonds. The molecule has 1 heterocycles. The molecule has 48 heavy (non-hydrogen) atoms. The summed E-state index contributed by atoms with van der Waals surface area (Å²) in [6.45, 7) is 2.25. The molecule has 0 spiro atoms. The Morgan fingerprint density at radius 2 is 0.667 bits per heavy atom. The van der Waals surface area contributed by atoms with Crippen molar-refractivity contribution >= 4 is 65.0 Å². The molecule has 0 saturated heterocycles. The first-order valence-corrected chi connectivity index (χ1v) is 16.6. The zero-order valence-corrected chi connectivity index (χ0v) is 26.5. The summed E-state index contributed by atoms with van der Waals surface area (Å²) in [6.07, 6.45) is 0. The molecule has 1 aromatic heterocycles. The van der Waals surface area contributed by atoms with Crippen LogP contribution in [0.2, 0.25) is 0 Å². The second kappa shape index (κ2) is 10.4. The predicted octanol–water partition coefficient (Wildman–Crippen LogP) is 13.5. The highest BCUT2D eigenvalue weighted by atomic mass is 16.3. The van der Waals surface area contributed by atoms with E-state index in [1.165, 1.54) is 82.0 Å². The zero-order valence-electron chi connectivity index (χ0n) is 26.5. The minimum absolute atomic E-state index is 0.899. The predicted molar refractivity (Wildman–Crippen MR) is 205 cm³/mol. The van der Waals surface area contributed by atoms with E-state index >= 15 is 0 Å². The van der Waals surface area contributed by atoms with Gasteiger partial charge in [0.1, 0.15) is 11.2 Å². The van der Waals surface area contributed by atoms with E-state index in [1.54, 1.807) is 0 Å². The van der Waals surface area contributed by atoms with Gasteiger partial charge in [-0.25, -0.2) is 0 Å². The SMILES string of the molecule is Cc1c2ccccc2c(-c2cccc3oc4cccc(-c5c6ccccc6c(-c6ccccc6)c6ccccc56)c4c23)c2ccccc12. The molecule has 224 valence electrons. The maximum atomic E-state index is 6.74. The average molecular weight is 611 g/mol. The van der Waals surface area contributed by atoms with Gasteiger partial charge in [-0.3, -0.25) is 0 Å². The van der Waals surface area contributed by atoms with Gasteiger partial charge in [0.2, 0.25) is 0 Å². The Morgan fingerprint density at radius 1 is 0.312 bits per heavy atom. The number of fused-ring (bicyclic) bond motifs is 7. The molecule has 0 atom stereocenters. The van der Waals surface area contributed by atoms with Crippen LogP contribution in [0.1, 0.15) is 5.56 Å². The molecule has 0 fully saturated rings. The first kappa shape index (κ1) is 27.0. The van der Waals surface area contributed by atoms with Crippen molar-refractivity contribution in [1.82, 2.24) is 0 Å². The molecule has 0 radical (unpaired) electrons. The average Bonchev–Trinajstić information content (AvgIpc) is 3.54. The van der Waals surface area contributed by atoms with E-state index in [-0.39, 0.29) is 0 Å². The van der Waals surface area contributed by atoms with Gasteiger partial charge in [-0.2, -0.15) is 0 Å². The van der Waals surface area contributed by atoms with Crippen molar-refractivity contribution in [2.75, 3.05) is 0 Å². The van der Waals surface area contributed by atoms with Gasteiger partial charge in [-0.15, -0.1) is 0 Å². The van der Waals surface area contributed by atoms with Gasteiger partial charge in [-0.05, 0) is 101 Å². The monoisotopic (exact) mass is 610 g/mol. The smallest absolute Gasteiger partial charge is 0.136 e. The number of hydrogen-bond acceptors (Lipinski definition) is 1. The third-order valence-electron chi connectivity index (χ3n) is 10.3. The lowest BCUT2D eigenvalue weighted by Gasteiger charge is -2.19. The van der Waals surface area contributed by atoms with Crippen LogP contribution in [0.5, 0.6) is 0 Å². The lowest BCUT2D eigenvalue weighted by molar-refractivity contribution is 0.669. The molecule has 0 bridgehead atoms. The summed E-state index contributed by atoms with van der Waals surface area (Å²) < 4.78 is 6.74. The van der Waals surface area contributed by atoms with Crippen LogP contribution in [0.25, 0.3) is 98.4 Å². The fourth-order valence-corrected chi connectivity index (χ4v) is 8.25. The molecule has 9 aromatic carbocycles. The van der Waals surface area contributed by atoms with E-state index in [0.29, 0.717) is 0 Å². The Kier molecular flexibility index (Phi) is 5.86. The van der Waals surface area contributed by atoms with Crippen molar-refractivity contribution in [3.8, 4) is 33.4 Å². The Balaban J connectivity index is 1.39. The van der Waals surface area contributed by atoms with Gasteiger partial charge < -0.3 is 4.42 Å². The Hall–Kier alpha value is -6.18.